The van der Waals surface area contributed by atoms with Crippen molar-refractivity contribution in [3.8, 4) is 0 Å². The molecular formula is C10H11N3. The highest BCUT2D eigenvalue weighted by molar-refractivity contribution is 5.72. The SMILES string of the molecule is C1=CNC(Nc2ccccc2)N=C1. The first-order valence-electron chi connectivity index (χ1n) is 4.21. The van der Waals surface area contributed by atoms with Crippen LogP contribution < -0.4 is 10.6 Å². The van der Waals surface area contributed by atoms with E-state index in [1.165, 1.54) is 0 Å². The summed E-state index contributed by atoms with van der Waals surface area (Å²) in [5.74, 6) is 0. The van der Waals surface area contributed by atoms with E-state index in [9.17, 15) is 0 Å². The van der Waals surface area contributed by atoms with Gasteiger partial charge in [0.2, 0.25) is 0 Å². The lowest BCUT2D eigenvalue weighted by Gasteiger charge is -2.17. The minimum absolute atomic E-state index is 0.0487. The Hall–Kier alpha value is -1.77. The zero-order valence-corrected chi connectivity index (χ0v) is 7.14. The number of benzene rings is 1. The zero-order chi connectivity index (χ0) is 8.93. The van der Waals surface area contributed by atoms with Gasteiger partial charge in [0, 0.05) is 18.1 Å². The summed E-state index contributed by atoms with van der Waals surface area (Å²) in [4.78, 5) is 4.19. The molecule has 2 N–H and O–H groups in total. The van der Waals surface area contributed by atoms with Gasteiger partial charge < -0.3 is 10.6 Å². The van der Waals surface area contributed by atoms with Crippen LogP contribution in [0.1, 0.15) is 0 Å². The largest absolute Gasteiger partial charge is 0.353 e. The van der Waals surface area contributed by atoms with E-state index in [2.05, 4.69) is 15.6 Å². The van der Waals surface area contributed by atoms with Crippen LogP contribution in [-0.4, -0.2) is 12.5 Å². The first-order valence-corrected chi connectivity index (χ1v) is 4.21. The number of nitrogens with one attached hydrogen (secondary N) is 2. The number of nitrogens with zero attached hydrogens (tertiary/aromatic N) is 1. The zero-order valence-electron chi connectivity index (χ0n) is 7.14. The number of hydrogen-bond donors (Lipinski definition) is 2. The molecule has 1 aliphatic heterocycles. The molecule has 3 nitrogen and oxygen atoms in total. The number of aliphatic imine (C=N–C) groups is 1. The molecular weight excluding hydrogens is 162 g/mol. The molecule has 0 aromatic heterocycles. The predicted octanol–water partition coefficient (Wildman–Crippen LogP) is 1.57. The Labute approximate surface area is 77.2 Å². The minimum atomic E-state index is -0.0487. The molecule has 0 saturated carbocycles. The molecule has 1 unspecified atom stereocenters. The number of anilines is 1. The second-order valence-corrected chi connectivity index (χ2v) is 2.74. The Balaban J connectivity index is 1.99. The fraction of sp³-hybridized carbons (Fsp3) is 0.100. The molecule has 0 aliphatic carbocycles. The van der Waals surface area contributed by atoms with E-state index in [0.29, 0.717) is 0 Å². The molecule has 1 aromatic rings. The fourth-order valence-corrected chi connectivity index (χ4v) is 1.14. The Morgan fingerprint density at radius 2 is 2.08 bits per heavy atom. The molecule has 1 aromatic carbocycles. The summed E-state index contributed by atoms with van der Waals surface area (Å²) in [7, 11) is 0. The van der Waals surface area contributed by atoms with Crippen molar-refractivity contribution in [2.24, 2.45) is 4.99 Å². The maximum Gasteiger partial charge on any atom is 0.193 e. The normalized spacial score (nSPS) is 19.5. The van der Waals surface area contributed by atoms with Gasteiger partial charge in [-0.1, -0.05) is 18.2 Å². The molecule has 13 heavy (non-hydrogen) atoms. The maximum atomic E-state index is 4.19. The predicted molar refractivity (Wildman–Crippen MR) is 54.6 cm³/mol. The van der Waals surface area contributed by atoms with Crippen molar-refractivity contribution in [2.45, 2.75) is 6.29 Å². The second kappa shape index (κ2) is 3.76. The number of rotatable bonds is 2. The van der Waals surface area contributed by atoms with Gasteiger partial charge in [-0.3, -0.25) is 0 Å². The van der Waals surface area contributed by atoms with Crippen molar-refractivity contribution in [3.63, 3.8) is 0 Å². The lowest BCUT2D eigenvalue weighted by Crippen LogP contribution is -2.32. The standard InChI is InChI=1S/C10H11N3/c1-2-5-9(6-3-1)13-10-11-7-4-8-12-10/h1-8,10-11,13H. The molecule has 1 aliphatic rings. The number of hydrogen-bond acceptors (Lipinski definition) is 3. The number of allylic oxidation sites excluding steroid dienone is 1. The summed E-state index contributed by atoms with van der Waals surface area (Å²) in [6, 6.07) is 9.99. The minimum Gasteiger partial charge on any atom is -0.353 e. The van der Waals surface area contributed by atoms with Gasteiger partial charge in [-0.2, -0.15) is 0 Å². The second-order valence-electron chi connectivity index (χ2n) is 2.74. The highest BCUT2D eigenvalue weighted by Crippen LogP contribution is 2.06. The highest BCUT2D eigenvalue weighted by atomic mass is 15.2. The molecule has 0 bridgehead atoms. The molecule has 2 rings (SSSR count). The molecule has 0 saturated heterocycles. The van der Waals surface area contributed by atoms with Crippen LogP contribution in [-0.2, 0) is 0 Å². The van der Waals surface area contributed by atoms with E-state index in [1.54, 1.807) is 6.21 Å². The maximum absolute atomic E-state index is 4.19. The van der Waals surface area contributed by atoms with Crippen LogP contribution in [0.3, 0.4) is 0 Å². The van der Waals surface area contributed by atoms with E-state index in [-0.39, 0.29) is 6.29 Å². The topological polar surface area (TPSA) is 36.4 Å². The smallest absolute Gasteiger partial charge is 0.193 e. The van der Waals surface area contributed by atoms with E-state index >= 15 is 0 Å². The molecule has 3 heteroatoms. The van der Waals surface area contributed by atoms with Gasteiger partial charge in [0.15, 0.2) is 6.29 Å². The third kappa shape index (κ3) is 2.08. The van der Waals surface area contributed by atoms with Crippen LogP contribution in [0.2, 0.25) is 0 Å². The lowest BCUT2D eigenvalue weighted by molar-refractivity contribution is 0.685. The van der Waals surface area contributed by atoms with Crippen molar-refractivity contribution in [1.29, 1.82) is 0 Å². The molecule has 0 spiro atoms. The van der Waals surface area contributed by atoms with Gasteiger partial charge in [-0.25, -0.2) is 4.99 Å². The summed E-state index contributed by atoms with van der Waals surface area (Å²) >= 11 is 0. The highest BCUT2D eigenvalue weighted by Gasteiger charge is 2.02. The molecule has 0 amide bonds. The third-order valence-corrected chi connectivity index (χ3v) is 1.75. The fourth-order valence-electron chi connectivity index (χ4n) is 1.14. The first kappa shape index (κ1) is 7.86. The van der Waals surface area contributed by atoms with Crippen molar-refractivity contribution >= 4 is 11.9 Å². The average molecular weight is 173 g/mol. The Kier molecular flexibility index (Phi) is 2.27. The van der Waals surface area contributed by atoms with E-state index in [1.807, 2.05) is 42.6 Å². The van der Waals surface area contributed by atoms with Gasteiger partial charge in [-0.15, -0.1) is 0 Å². The lowest BCUT2D eigenvalue weighted by atomic mass is 10.3. The van der Waals surface area contributed by atoms with Crippen molar-refractivity contribution in [2.75, 3.05) is 5.32 Å². The van der Waals surface area contributed by atoms with Gasteiger partial charge in [-0.05, 0) is 18.2 Å². The Morgan fingerprint density at radius 3 is 2.77 bits per heavy atom. The summed E-state index contributed by atoms with van der Waals surface area (Å²) in [5, 5.41) is 6.30. The molecule has 1 atom stereocenters. The first-order chi connectivity index (χ1) is 6.45. The average Bonchev–Trinajstić information content (AvgIpc) is 2.21. The Morgan fingerprint density at radius 1 is 1.23 bits per heavy atom. The summed E-state index contributed by atoms with van der Waals surface area (Å²) < 4.78 is 0. The van der Waals surface area contributed by atoms with Crippen LogP contribution in [0.15, 0.2) is 47.6 Å². The van der Waals surface area contributed by atoms with E-state index in [4.69, 9.17) is 0 Å². The van der Waals surface area contributed by atoms with Crippen molar-refractivity contribution in [3.05, 3.63) is 42.6 Å². The molecule has 66 valence electrons. The monoisotopic (exact) mass is 173 g/mol. The van der Waals surface area contributed by atoms with Crippen molar-refractivity contribution < 1.29 is 0 Å². The summed E-state index contributed by atoms with van der Waals surface area (Å²) in [6.07, 6.45) is 5.46. The summed E-state index contributed by atoms with van der Waals surface area (Å²) in [6.45, 7) is 0. The van der Waals surface area contributed by atoms with Gasteiger partial charge in [0.1, 0.15) is 0 Å². The van der Waals surface area contributed by atoms with Crippen LogP contribution in [0, 0.1) is 0 Å². The van der Waals surface area contributed by atoms with E-state index < -0.39 is 0 Å². The molecule has 1 heterocycles. The summed E-state index contributed by atoms with van der Waals surface area (Å²) in [5.41, 5.74) is 1.06. The van der Waals surface area contributed by atoms with E-state index in [0.717, 1.165) is 5.69 Å². The Bertz CT molecular complexity index is 316. The van der Waals surface area contributed by atoms with Crippen LogP contribution in [0.25, 0.3) is 0 Å². The van der Waals surface area contributed by atoms with Crippen LogP contribution in [0.5, 0.6) is 0 Å². The molecule has 0 radical (unpaired) electrons. The molecule has 0 fully saturated rings. The van der Waals surface area contributed by atoms with Gasteiger partial charge in [0.05, 0.1) is 0 Å². The quantitative estimate of drug-likeness (QED) is 0.712. The van der Waals surface area contributed by atoms with Crippen molar-refractivity contribution in [1.82, 2.24) is 5.32 Å². The number of para-hydroxylation sites is 1. The van der Waals surface area contributed by atoms with Gasteiger partial charge >= 0.3 is 0 Å². The van der Waals surface area contributed by atoms with Crippen LogP contribution in [0.4, 0.5) is 5.69 Å². The van der Waals surface area contributed by atoms with Crippen LogP contribution >= 0.6 is 0 Å². The van der Waals surface area contributed by atoms with Gasteiger partial charge in [0.25, 0.3) is 0 Å². The third-order valence-electron chi connectivity index (χ3n) is 1.75.